The van der Waals surface area contributed by atoms with Gasteiger partial charge in [0.2, 0.25) is 11.8 Å². The van der Waals surface area contributed by atoms with Gasteiger partial charge >= 0.3 is 6.18 Å². The molecule has 0 saturated heterocycles. The first kappa shape index (κ1) is 26.8. The van der Waals surface area contributed by atoms with Crippen LogP contribution < -0.4 is 16.0 Å². The average Bonchev–Trinajstić information content (AvgIpc) is 3.54. The monoisotopic (exact) mass is 574 g/mol. The number of aryl methyl sites for hydroxylation is 1. The van der Waals surface area contributed by atoms with E-state index in [1.807, 2.05) is 0 Å². The second-order valence-corrected chi connectivity index (χ2v) is 10.0. The van der Waals surface area contributed by atoms with Crippen LogP contribution in [0.2, 0.25) is 10.0 Å². The van der Waals surface area contributed by atoms with E-state index in [0.717, 1.165) is 35.6 Å². The molecule has 1 aliphatic rings. The number of anilines is 3. The number of halogens is 6. The van der Waals surface area contributed by atoms with Crippen LogP contribution >= 0.6 is 34.5 Å². The normalized spacial score (nSPS) is 14.1. The predicted molar refractivity (Wildman–Crippen MR) is 132 cm³/mol. The number of thiazole rings is 1. The number of rotatable bonds is 6. The Balaban J connectivity index is 1.46. The van der Waals surface area contributed by atoms with Gasteiger partial charge in [-0.1, -0.05) is 34.5 Å². The molecule has 0 bridgehead atoms. The van der Waals surface area contributed by atoms with Crippen molar-refractivity contribution in [3.63, 3.8) is 0 Å². The second kappa shape index (κ2) is 9.92. The van der Waals surface area contributed by atoms with Gasteiger partial charge in [0.1, 0.15) is 16.1 Å². The first-order valence-electron chi connectivity index (χ1n) is 10.5. The Morgan fingerprint density at radius 3 is 2.24 bits per heavy atom. The number of nitrogens with zero attached hydrogens (tertiary/aromatic N) is 1. The number of hydrogen-bond acceptors (Lipinski definition) is 5. The molecule has 37 heavy (non-hydrogen) atoms. The van der Waals surface area contributed by atoms with E-state index < -0.39 is 40.7 Å². The summed E-state index contributed by atoms with van der Waals surface area (Å²) in [6, 6.07) is 5.92. The van der Waals surface area contributed by atoms with Crippen molar-refractivity contribution in [1.82, 2.24) is 4.98 Å². The maximum Gasteiger partial charge on any atom is 0.416 e. The fourth-order valence-corrected chi connectivity index (χ4v) is 4.60. The molecule has 0 spiro atoms. The maximum absolute atomic E-state index is 13.3. The summed E-state index contributed by atoms with van der Waals surface area (Å²) in [5.74, 6) is -2.66. The van der Waals surface area contributed by atoms with Crippen LogP contribution in [0.15, 0.2) is 36.4 Å². The molecule has 0 unspecified atom stereocenters. The minimum Gasteiger partial charge on any atom is -0.324 e. The lowest BCUT2D eigenvalue weighted by Gasteiger charge is -2.15. The van der Waals surface area contributed by atoms with Crippen LogP contribution in [-0.2, 0) is 15.8 Å². The Hall–Kier alpha value is -3.22. The van der Waals surface area contributed by atoms with Crippen LogP contribution in [0.1, 0.15) is 33.8 Å². The molecule has 1 aromatic heterocycles. The summed E-state index contributed by atoms with van der Waals surface area (Å²) in [4.78, 5) is 42.6. The van der Waals surface area contributed by atoms with Gasteiger partial charge < -0.3 is 16.0 Å². The van der Waals surface area contributed by atoms with Gasteiger partial charge in [0.05, 0.1) is 32.7 Å². The third-order valence-electron chi connectivity index (χ3n) is 5.56. The summed E-state index contributed by atoms with van der Waals surface area (Å²) in [7, 11) is 0. The lowest BCUT2D eigenvalue weighted by Crippen LogP contribution is -2.35. The lowest BCUT2D eigenvalue weighted by atomic mass is 10.1. The van der Waals surface area contributed by atoms with Gasteiger partial charge in [-0.2, -0.15) is 13.2 Å². The molecule has 194 valence electrons. The van der Waals surface area contributed by atoms with Crippen molar-refractivity contribution in [2.24, 2.45) is 5.41 Å². The first-order valence-corrected chi connectivity index (χ1v) is 12.1. The van der Waals surface area contributed by atoms with Crippen LogP contribution in [0.4, 0.5) is 34.1 Å². The summed E-state index contributed by atoms with van der Waals surface area (Å²) < 4.78 is 52.3. The molecular weight excluding hydrogens is 559 g/mol. The Bertz CT molecular complexity index is 1420. The molecule has 7 nitrogen and oxygen atoms in total. The lowest BCUT2D eigenvalue weighted by molar-refractivity contribution is -0.137. The van der Waals surface area contributed by atoms with E-state index in [-0.39, 0.29) is 50.0 Å². The van der Waals surface area contributed by atoms with Gasteiger partial charge in [0, 0.05) is 0 Å². The number of alkyl halides is 3. The van der Waals surface area contributed by atoms with Gasteiger partial charge in [-0.15, -0.1) is 0 Å². The number of amides is 3. The zero-order valence-electron chi connectivity index (χ0n) is 18.7. The van der Waals surface area contributed by atoms with Crippen LogP contribution in [0, 0.1) is 18.2 Å². The van der Waals surface area contributed by atoms with E-state index in [0.29, 0.717) is 6.07 Å². The highest BCUT2D eigenvalue weighted by Crippen LogP contribution is 2.48. The average molecular weight is 575 g/mol. The molecule has 0 radical (unpaired) electrons. The van der Waals surface area contributed by atoms with Crippen LogP contribution in [0.5, 0.6) is 0 Å². The zero-order chi connectivity index (χ0) is 27.1. The third-order valence-corrected chi connectivity index (χ3v) is 7.28. The van der Waals surface area contributed by atoms with E-state index in [1.165, 1.54) is 13.0 Å². The van der Waals surface area contributed by atoms with Gasteiger partial charge in [0.15, 0.2) is 5.13 Å². The van der Waals surface area contributed by atoms with Crippen molar-refractivity contribution in [2.75, 3.05) is 16.0 Å². The van der Waals surface area contributed by atoms with Crippen molar-refractivity contribution >= 4 is 68.8 Å². The Morgan fingerprint density at radius 1 is 0.946 bits per heavy atom. The molecule has 1 aliphatic carbocycles. The summed E-state index contributed by atoms with van der Waals surface area (Å²) in [6.45, 7) is 1.48. The van der Waals surface area contributed by atoms with Gasteiger partial charge in [0.25, 0.3) is 5.91 Å². The largest absolute Gasteiger partial charge is 0.416 e. The van der Waals surface area contributed by atoms with E-state index in [2.05, 4.69) is 20.9 Å². The molecule has 3 N–H and O–H groups in total. The molecule has 4 rings (SSSR count). The smallest absolute Gasteiger partial charge is 0.324 e. The van der Waals surface area contributed by atoms with E-state index in [1.54, 1.807) is 0 Å². The zero-order valence-corrected chi connectivity index (χ0v) is 21.1. The standard InChI is InChI=1S/C23H16Cl2F4N4O3S/c1-10-17(18(34)31-16-8-11(23(27,28)29)2-4-13(16)24)37-21(30-10)33-20(36)22(6-7-22)19(35)32-15-5-3-12(26)9-14(15)25/h2-5,8-9H,6-7H2,1H3,(H,31,34)(H,32,35)(H,30,33,36). The molecular formula is C23H16Cl2F4N4O3S. The molecule has 3 amide bonds. The summed E-state index contributed by atoms with van der Waals surface area (Å²) in [5, 5.41) is 7.25. The fourth-order valence-electron chi connectivity index (χ4n) is 3.37. The minimum atomic E-state index is -4.63. The quantitative estimate of drug-likeness (QED) is 0.230. The van der Waals surface area contributed by atoms with Crippen molar-refractivity contribution in [2.45, 2.75) is 25.9 Å². The van der Waals surface area contributed by atoms with E-state index >= 15 is 0 Å². The summed E-state index contributed by atoms with van der Waals surface area (Å²) in [6.07, 6.45) is -4.14. The predicted octanol–water partition coefficient (Wildman–Crippen LogP) is 6.53. The number of carbonyl (C=O) groups is 3. The second-order valence-electron chi connectivity index (χ2n) is 8.19. The van der Waals surface area contributed by atoms with Gasteiger partial charge in [-0.05, 0) is 56.2 Å². The topological polar surface area (TPSA) is 100 Å². The number of aromatic nitrogens is 1. The molecule has 1 heterocycles. The van der Waals surface area contributed by atoms with Gasteiger partial charge in [-0.3, -0.25) is 14.4 Å². The number of benzene rings is 2. The highest BCUT2D eigenvalue weighted by molar-refractivity contribution is 7.17. The highest BCUT2D eigenvalue weighted by Gasteiger charge is 2.57. The van der Waals surface area contributed by atoms with Crippen molar-refractivity contribution in [3.8, 4) is 0 Å². The Kier molecular flexibility index (Phi) is 7.19. The molecule has 3 aromatic rings. The van der Waals surface area contributed by atoms with Crippen LogP contribution in [-0.4, -0.2) is 22.7 Å². The van der Waals surface area contributed by atoms with Crippen LogP contribution in [0.3, 0.4) is 0 Å². The van der Waals surface area contributed by atoms with Crippen LogP contribution in [0.25, 0.3) is 0 Å². The van der Waals surface area contributed by atoms with Crippen molar-refractivity contribution < 1.29 is 31.9 Å². The molecule has 2 aromatic carbocycles. The number of carbonyl (C=O) groups excluding carboxylic acids is 3. The Labute approximate surface area is 221 Å². The van der Waals surface area contributed by atoms with E-state index in [4.69, 9.17) is 23.2 Å². The van der Waals surface area contributed by atoms with Crippen molar-refractivity contribution in [3.05, 3.63) is 68.4 Å². The van der Waals surface area contributed by atoms with E-state index in [9.17, 15) is 31.9 Å². The minimum absolute atomic E-state index is 0.0154. The molecule has 0 aliphatic heterocycles. The SMILES string of the molecule is Cc1nc(NC(=O)C2(C(=O)Nc3ccc(F)cc3Cl)CC2)sc1C(=O)Nc1cc(C(F)(F)F)ccc1Cl. The van der Waals surface area contributed by atoms with Gasteiger partial charge in [-0.25, -0.2) is 9.37 Å². The Morgan fingerprint density at radius 2 is 1.62 bits per heavy atom. The third kappa shape index (κ3) is 5.71. The number of hydrogen-bond donors (Lipinski definition) is 3. The summed E-state index contributed by atoms with van der Waals surface area (Å²) in [5.41, 5.74) is -2.28. The molecule has 14 heteroatoms. The molecule has 1 fully saturated rings. The fraction of sp³-hybridized carbons (Fsp3) is 0.217. The number of nitrogens with one attached hydrogen (secondary N) is 3. The molecule has 1 saturated carbocycles. The highest BCUT2D eigenvalue weighted by atomic mass is 35.5. The maximum atomic E-state index is 13.3. The first-order chi connectivity index (χ1) is 17.3. The molecule has 0 atom stereocenters. The summed E-state index contributed by atoms with van der Waals surface area (Å²) >= 11 is 12.7. The van der Waals surface area contributed by atoms with Crippen molar-refractivity contribution in [1.29, 1.82) is 0 Å².